The van der Waals surface area contributed by atoms with Crippen molar-refractivity contribution < 1.29 is 18.7 Å². The number of methoxy groups -OCH3 is 3. The molecule has 0 saturated carbocycles. The molecule has 0 bridgehead atoms. The zero-order valence-corrected chi connectivity index (χ0v) is 19.8. The van der Waals surface area contributed by atoms with E-state index in [1.54, 1.807) is 21.3 Å². The fraction of sp³-hybridized carbons (Fsp3) is 0.292. The van der Waals surface area contributed by atoms with Crippen molar-refractivity contribution in [1.29, 1.82) is 0 Å². The molecule has 2 aromatic carbocycles. The molecule has 8 nitrogen and oxygen atoms in total. The first kappa shape index (κ1) is 22.8. The van der Waals surface area contributed by atoms with Crippen LogP contribution in [0, 0.1) is 0 Å². The van der Waals surface area contributed by atoms with Gasteiger partial charge in [0.1, 0.15) is 11.5 Å². The highest BCUT2D eigenvalue weighted by molar-refractivity contribution is 7.80. The van der Waals surface area contributed by atoms with Crippen molar-refractivity contribution in [2.24, 2.45) is 0 Å². The Hall–Kier alpha value is -3.43. The van der Waals surface area contributed by atoms with Gasteiger partial charge in [0, 0.05) is 24.9 Å². The van der Waals surface area contributed by atoms with Gasteiger partial charge in [0.2, 0.25) is 5.82 Å². The lowest BCUT2D eigenvalue weighted by Crippen LogP contribution is -2.47. The van der Waals surface area contributed by atoms with E-state index in [4.69, 9.17) is 35.9 Å². The number of ether oxygens (including phenoxy) is 3. The Labute approximate surface area is 198 Å². The second-order valence-corrected chi connectivity index (χ2v) is 7.84. The number of hydrogen-bond donors (Lipinski definition) is 1. The lowest BCUT2D eigenvalue weighted by molar-refractivity contribution is 0.183. The number of thiocarbonyl (C=S) groups is 1. The number of aromatic nitrogens is 2. The minimum Gasteiger partial charge on any atom is -0.497 e. The number of hydrogen-bond acceptors (Lipinski definition) is 7. The summed E-state index contributed by atoms with van der Waals surface area (Å²) in [5, 5.41) is 8.27. The van der Waals surface area contributed by atoms with Gasteiger partial charge in [0.15, 0.2) is 5.11 Å². The van der Waals surface area contributed by atoms with E-state index in [0.29, 0.717) is 30.0 Å². The minimum atomic E-state index is -0.287. The van der Waals surface area contributed by atoms with E-state index >= 15 is 0 Å². The summed E-state index contributed by atoms with van der Waals surface area (Å²) in [5.74, 6) is 2.36. The largest absolute Gasteiger partial charge is 0.497 e. The average Bonchev–Trinajstić information content (AvgIpc) is 3.33. The van der Waals surface area contributed by atoms with Gasteiger partial charge < -0.3 is 29.0 Å². The van der Waals surface area contributed by atoms with Gasteiger partial charge in [0.25, 0.3) is 5.89 Å². The Kier molecular flexibility index (Phi) is 6.90. The molecule has 0 aliphatic carbocycles. The second kappa shape index (κ2) is 10.0. The minimum absolute atomic E-state index is 0.287. The molecule has 1 aliphatic heterocycles. The quantitative estimate of drug-likeness (QED) is 0.494. The van der Waals surface area contributed by atoms with E-state index in [1.165, 1.54) is 0 Å². The third-order valence-electron chi connectivity index (χ3n) is 5.53. The van der Waals surface area contributed by atoms with Crippen LogP contribution in [-0.4, -0.2) is 54.6 Å². The van der Waals surface area contributed by atoms with Crippen LogP contribution in [0.5, 0.6) is 11.5 Å². The summed E-state index contributed by atoms with van der Waals surface area (Å²) in [7, 11) is 4.93. The fourth-order valence-corrected chi connectivity index (χ4v) is 4.14. The molecule has 0 radical (unpaired) electrons. The van der Waals surface area contributed by atoms with Crippen molar-refractivity contribution in [1.82, 2.24) is 20.4 Å². The van der Waals surface area contributed by atoms with Gasteiger partial charge >= 0.3 is 0 Å². The molecule has 0 amide bonds. The molecule has 3 aromatic rings. The molecule has 2 heterocycles. The fourth-order valence-electron chi connectivity index (χ4n) is 3.79. The van der Waals surface area contributed by atoms with Crippen LogP contribution in [-0.2, 0) is 4.74 Å². The van der Waals surface area contributed by atoms with Crippen molar-refractivity contribution in [2.75, 3.05) is 34.5 Å². The monoisotopic (exact) mass is 466 g/mol. The molecule has 0 fully saturated rings. The van der Waals surface area contributed by atoms with E-state index in [1.807, 2.05) is 60.4 Å². The van der Waals surface area contributed by atoms with Crippen LogP contribution in [0.1, 0.15) is 24.4 Å². The molecule has 0 saturated heterocycles. The van der Waals surface area contributed by atoms with Crippen LogP contribution in [0.25, 0.3) is 17.0 Å². The molecule has 33 heavy (non-hydrogen) atoms. The molecule has 0 spiro atoms. The van der Waals surface area contributed by atoms with Gasteiger partial charge in [-0.2, -0.15) is 4.98 Å². The summed E-state index contributed by atoms with van der Waals surface area (Å²) >= 11 is 5.68. The maximum Gasteiger partial charge on any atom is 0.258 e. The number of nitrogens with zero attached hydrogens (tertiary/aromatic N) is 3. The smallest absolute Gasteiger partial charge is 0.258 e. The third kappa shape index (κ3) is 4.69. The molecular formula is C24H26N4O4S. The van der Waals surface area contributed by atoms with E-state index in [0.717, 1.165) is 33.9 Å². The highest BCUT2D eigenvalue weighted by atomic mass is 32.1. The van der Waals surface area contributed by atoms with Crippen LogP contribution in [0.3, 0.4) is 0 Å². The molecule has 1 aliphatic rings. The van der Waals surface area contributed by atoms with Crippen molar-refractivity contribution >= 4 is 22.9 Å². The predicted octanol–water partition coefficient (Wildman–Crippen LogP) is 4.06. The predicted molar refractivity (Wildman–Crippen MR) is 129 cm³/mol. The van der Waals surface area contributed by atoms with Gasteiger partial charge in [-0.25, -0.2) is 0 Å². The number of nitrogens with one attached hydrogen (secondary N) is 1. The zero-order chi connectivity index (χ0) is 23.4. The van der Waals surface area contributed by atoms with E-state index < -0.39 is 0 Å². The van der Waals surface area contributed by atoms with Gasteiger partial charge in [-0.15, -0.1) is 0 Å². The van der Waals surface area contributed by atoms with E-state index in [2.05, 4.69) is 10.5 Å². The van der Waals surface area contributed by atoms with Crippen LogP contribution in [0.4, 0.5) is 0 Å². The standard InChI is InChI=1S/C24H26N4O4S/c1-15-20(23-26-22(27-32-23)17-8-6-10-19(14-17)31-4)21(16-7-5-9-18(13-16)30-3)25-24(33)28(15)11-12-29-2/h5-10,13-14,21H,11-12H2,1-4H3,(H,25,33). The van der Waals surface area contributed by atoms with Crippen LogP contribution in [0.15, 0.2) is 58.8 Å². The third-order valence-corrected chi connectivity index (χ3v) is 5.87. The first-order valence-corrected chi connectivity index (χ1v) is 10.9. The Morgan fingerprint density at radius 3 is 2.52 bits per heavy atom. The van der Waals surface area contributed by atoms with Crippen LogP contribution < -0.4 is 14.8 Å². The number of allylic oxidation sites excluding steroid dienone is 1. The molecule has 9 heteroatoms. The Bertz CT molecular complexity index is 1180. The molecule has 1 atom stereocenters. The molecule has 172 valence electrons. The van der Waals surface area contributed by atoms with Gasteiger partial charge in [-0.3, -0.25) is 0 Å². The van der Waals surface area contributed by atoms with Gasteiger partial charge in [-0.05, 0) is 49.0 Å². The first-order chi connectivity index (χ1) is 16.0. The van der Waals surface area contributed by atoms with Gasteiger partial charge in [-0.1, -0.05) is 29.4 Å². The summed E-state index contributed by atoms with van der Waals surface area (Å²) in [6.07, 6.45) is 0. The van der Waals surface area contributed by atoms with E-state index in [-0.39, 0.29) is 6.04 Å². The summed E-state index contributed by atoms with van der Waals surface area (Å²) < 4.78 is 21.8. The number of rotatable bonds is 8. The van der Waals surface area contributed by atoms with E-state index in [9.17, 15) is 0 Å². The van der Waals surface area contributed by atoms with Crippen LogP contribution >= 0.6 is 12.2 Å². The summed E-state index contributed by atoms with van der Waals surface area (Å²) in [4.78, 5) is 6.71. The maximum absolute atomic E-state index is 5.77. The average molecular weight is 467 g/mol. The lowest BCUT2D eigenvalue weighted by Gasteiger charge is -2.37. The highest BCUT2D eigenvalue weighted by Crippen LogP contribution is 2.38. The van der Waals surface area contributed by atoms with Crippen molar-refractivity contribution in [3.05, 3.63) is 65.7 Å². The number of benzene rings is 2. The first-order valence-electron chi connectivity index (χ1n) is 10.5. The van der Waals surface area contributed by atoms with Crippen molar-refractivity contribution in [3.63, 3.8) is 0 Å². The topological polar surface area (TPSA) is 81.9 Å². The zero-order valence-electron chi connectivity index (χ0n) is 19.0. The second-order valence-electron chi connectivity index (χ2n) is 7.46. The molecular weight excluding hydrogens is 440 g/mol. The Morgan fingerprint density at radius 1 is 1.06 bits per heavy atom. The summed E-state index contributed by atoms with van der Waals surface area (Å²) in [5.41, 5.74) is 3.54. The lowest BCUT2D eigenvalue weighted by atomic mass is 9.94. The molecule has 1 unspecified atom stereocenters. The highest BCUT2D eigenvalue weighted by Gasteiger charge is 2.34. The molecule has 1 aromatic heterocycles. The molecule has 4 rings (SSSR count). The van der Waals surface area contributed by atoms with Crippen molar-refractivity contribution in [3.8, 4) is 22.9 Å². The summed E-state index contributed by atoms with van der Waals surface area (Å²) in [6, 6.07) is 15.1. The van der Waals surface area contributed by atoms with Gasteiger partial charge in [0.05, 0.1) is 32.4 Å². The normalized spacial score (nSPS) is 16.1. The maximum atomic E-state index is 5.77. The SMILES string of the molecule is COCCN1C(=S)NC(c2cccc(OC)c2)C(c2nc(-c3cccc(OC)c3)no2)=C1C. The summed E-state index contributed by atoms with van der Waals surface area (Å²) in [6.45, 7) is 3.12. The Morgan fingerprint density at radius 2 is 1.79 bits per heavy atom. The van der Waals surface area contributed by atoms with Crippen LogP contribution in [0.2, 0.25) is 0 Å². The van der Waals surface area contributed by atoms with Crippen molar-refractivity contribution in [2.45, 2.75) is 13.0 Å². The molecule has 1 N–H and O–H groups in total. The Balaban J connectivity index is 1.80.